The second-order valence-corrected chi connectivity index (χ2v) is 5.37. The molecule has 2 rings (SSSR count). The van der Waals surface area contributed by atoms with Gasteiger partial charge in [0.15, 0.2) is 0 Å². The monoisotopic (exact) mass is 277 g/mol. The number of carbonyl (C=O) groups excluding carboxylic acids is 1. The number of aryl methyl sites for hydroxylation is 1. The molecular weight excluding hydrogens is 254 g/mol. The quantitative estimate of drug-likeness (QED) is 0.686. The topological polar surface area (TPSA) is 78.6 Å². The Morgan fingerprint density at radius 3 is 2.80 bits per heavy atom. The van der Waals surface area contributed by atoms with Crippen molar-refractivity contribution in [3.63, 3.8) is 0 Å². The molecular formula is C15H23N3O2. The standard InChI is InChI=1S/C15H23N3O2/c1-11-4-2-7-13(16)15(11)17-14(20)10-18(8-9-19)12-5-3-6-12/h2,4,7,12,19H,3,5-6,8-10,16H2,1H3,(H,17,20). The Bertz CT molecular complexity index is 452. The molecule has 5 heteroatoms. The average molecular weight is 277 g/mol. The zero-order chi connectivity index (χ0) is 14.5. The first-order valence-electron chi connectivity index (χ1n) is 7.11. The molecule has 1 fully saturated rings. The summed E-state index contributed by atoms with van der Waals surface area (Å²) in [5.41, 5.74) is 8.11. The van der Waals surface area contributed by atoms with E-state index < -0.39 is 0 Å². The van der Waals surface area contributed by atoms with Crippen LogP contribution in [0.25, 0.3) is 0 Å². The molecule has 110 valence electrons. The summed E-state index contributed by atoms with van der Waals surface area (Å²) in [4.78, 5) is 14.2. The number of nitrogens with one attached hydrogen (secondary N) is 1. The molecule has 1 aromatic carbocycles. The first-order valence-corrected chi connectivity index (χ1v) is 7.11. The van der Waals surface area contributed by atoms with E-state index in [0.29, 0.717) is 30.5 Å². The summed E-state index contributed by atoms with van der Waals surface area (Å²) in [6.07, 6.45) is 3.43. The SMILES string of the molecule is Cc1cccc(N)c1NC(=O)CN(CCO)C1CCC1. The van der Waals surface area contributed by atoms with Gasteiger partial charge >= 0.3 is 0 Å². The fraction of sp³-hybridized carbons (Fsp3) is 0.533. The van der Waals surface area contributed by atoms with Crippen molar-refractivity contribution in [2.24, 2.45) is 0 Å². The van der Waals surface area contributed by atoms with Crippen LogP contribution in [0.3, 0.4) is 0 Å². The van der Waals surface area contributed by atoms with Gasteiger partial charge in [0.05, 0.1) is 24.5 Å². The van der Waals surface area contributed by atoms with Crippen LogP contribution in [0.4, 0.5) is 11.4 Å². The van der Waals surface area contributed by atoms with Crippen molar-refractivity contribution >= 4 is 17.3 Å². The van der Waals surface area contributed by atoms with E-state index in [4.69, 9.17) is 10.8 Å². The molecule has 1 aliphatic carbocycles. The fourth-order valence-corrected chi connectivity index (χ4v) is 2.50. The van der Waals surface area contributed by atoms with Crippen molar-refractivity contribution in [1.29, 1.82) is 0 Å². The summed E-state index contributed by atoms with van der Waals surface area (Å²) < 4.78 is 0. The van der Waals surface area contributed by atoms with E-state index in [1.165, 1.54) is 6.42 Å². The van der Waals surface area contributed by atoms with Crippen LogP contribution in [0.1, 0.15) is 24.8 Å². The highest BCUT2D eigenvalue weighted by molar-refractivity contribution is 5.96. The van der Waals surface area contributed by atoms with E-state index in [2.05, 4.69) is 5.32 Å². The summed E-state index contributed by atoms with van der Waals surface area (Å²) in [5.74, 6) is -0.0775. The van der Waals surface area contributed by atoms with Crippen LogP contribution in [0.5, 0.6) is 0 Å². The molecule has 0 spiro atoms. The van der Waals surface area contributed by atoms with Crippen molar-refractivity contribution < 1.29 is 9.90 Å². The van der Waals surface area contributed by atoms with E-state index in [9.17, 15) is 4.79 Å². The second kappa shape index (κ2) is 6.72. The van der Waals surface area contributed by atoms with Gasteiger partial charge in [0, 0.05) is 12.6 Å². The van der Waals surface area contributed by atoms with Crippen LogP contribution >= 0.6 is 0 Å². The van der Waals surface area contributed by atoms with E-state index >= 15 is 0 Å². The minimum Gasteiger partial charge on any atom is -0.397 e. The molecule has 20 heavy (non-hydrogen) atoms. The van der Waals surface area contributed by atoms with Crippen molar-refractivity contribution in [3.05, 3.63) is 23.8 Å². The summed E-state index contributed by atoms with van der Waals surface area (Å²) >= 11 is 0. The molecule has 4 N–H and O–H groups in total. The highest BCUT2D eigenvalue weighted by atomic mass is 16.3. The van der Waals surface area contributed by atoms with E-state index in [0.717, 1.165) is 18.4 Å². The number of benzene rings is 1. The van der Waals surface area contributed by atoms with Gasteiger partial charge in [0.25, 0.3) is 0 Å². The van der Waals surface area contributed by atoms with Gasteiger partial charge in [-0.25, -0.2) is 0 Å². The number of hydrogen-bond donors (Lipinski definition) is 3. The Balaban J connectivity index is 1.96. The Morgan fingerprint density at radius 2 is 2.25 bits per heavy atom. The number of amides is 1. The number of anilines is 2. The van der Waals surface area contributed by atoms with Gasteiger partial charge in [0.2, 0.25) is 5.91 Å². The summed E-state index contributed by atoms with van der Waals surface area (Å²) in [5, 5.41) is 12.0. The molecule has 0 aromatic heterocycles. The maximum absolute atomic E-state index is 12.2. The van der Waals surface area contributed by atoms with Crippen molar-refractivity contribution in [1.82, 2.24) is 4.90 Å². The minimum absolute atomic E-state index is 0.0775. The first kappa shape index (κ1) is 14.8. The molecule has 0 saturated heterocycles. The number of para-hydroxylation sites is 1. The maximum atomic E-state index is 12.2. The van der Waals surface area contributed by atoms with E-state index in [1.807, 2.05) is 24.0 Å². The maximum Gasteiger partial charge on any atom is 0.238 e. The number of hydrogen-bond acceptors (Lipinski definition) is 4. The molecule has 0 bridgehead atoms. The van der Waals surface area contributed by atoms with Crippen LogP contribution < -0.4 is 11.1 Å². The zero-order valence-corrected chi connectivity index (χ0v) is 11.9. The van der Waals surface area contributed by atoms with Gasteiger partial charge in [-0.3, -0.25) is 9.69 Å². The van der Waals surface area contributed by atoms with E-state index in [-0.39, 0.29) is 12.5 Å². The predicted octanol–water partition coefficient (Wildman–Crippen LogP) is 1.36. The second-order valence-electron chi connectivity index (χ2n) is 5.37. The fourth-order valence-electron chi connectivity index (χ4n) is 2.50. The molecule has 1 amide bonds. The molecule has 5 nitrogen and oxygen atoms in total. The van der Waals surface area contributed by atoms with Crippen LogP contribution in [0.15, 0.2) is 18.2 Å². The molecule has 0 radical (unpaired) electrons. The van der Waals surface area contributed by atoms with Crippen LogP contribution in [-0.2, 0) is 4.79 Å². The van der Waals surface area contributed by atoms with Crippen LogP contribution in [0.2, 0.25) is 0 Å². The third-order valence-corrected chi connectivity index (χ3v) is 3.89. The predicted molar refractivity (Wildman–Crippen MR) is 80.5 cm³/mol. The Hall–Kier alpha value is -1.59. The Morgan fingerprint density at radius 1 is 1.50 bits per heavy atom. The first-order chi connectivity index (χ1) is 9.61. The number of nitrogen functional groups attached to an aromatic ring is 1. The van der Waals surface area contributed by atoms with Gasteiger partial charge in [-0.1, -0.05) is 18.6 Å². The highest BCUT2D eigenvalue weighted by Crippen LogP contribution is 2.25. The molecule has 0 heterocycles. The lowest BCUT2D eigenvalue weighted by Gasteiger charge is -2.36. The van der Waals surface area contributed by atoms with Gasteiger partial charge in [-0.15, -0.1) is 0 Å². The summed E-state index contributed by atoms with van der Waals surface area (Å²) in [6, 6.07) is 6.00. The molecule has 1 aromatic rings. The minimum atomic E-state index is -0.0775. The number of nitrogens with zero attached hydrogens (tertiary/aromatic N) is 1. The van der Waals surface area contributed by atoms with Gasteiger partial charge in [-0.05, 0) is 31.4 Å². The van der Waals surface area contributed by atoms with Crippen molar-refractivity contribution in [3.8, 4) is 0 Å². The molecule has 0 atom stereocenters. The number of aliphatic hydroxyl groups is 1. The molecule has 1 saturated carbocycles. The lowest BCUT2D eigenvalue weighted by atomic mass is 9.91. The molecule has 0 unspecified atom stereocenters. The van der Waals surface area contributed by atoms with Crippen LogP contribution in [-0.4, -0.2) is 41.7 Å². The van der Waals surface area contributed by atoms with Gasteiger partial charge < -0.3 is 16.2 Å². The molecule has 0 aliphatic heterocycles. The third-order valence-electron chi connectivity index (χ3n) is 3.89. The van der Waals surface area contributed by atoms with Crippen molar-refractivity contribution in [2.45, 2.75) is 32.2 Å². The summed E-state index contributed by atoms with van der Waals surface area (Å²) in [6.45, 7) is 2.85. The smallest absolute Gasteiger partial charge is 0.238 e. The number of rotatable bonds is 6. The normalized spacial score (nSPS) is 15.2. The average Bonchev–Trinajstić information content (AvgIpc) is 2.32. The number of nitrogens with two attached hydrogens (primary N) is 1. The largest absolute Gasteiger partial charge is 0.397 e. The summed E-state index contributed by atoms with van der Waals surface area (Å²) in [7, 11) is 0. The molecule has 1 aliphatic rings. The van der Waals surface area contributed by atoms with Crippen molar-refractivity contribution in [2.75, 3.05) is 30.7 Å². The number of carbonyl (C=O) groups is 1. The van der Waals surface area contributed by atoms with Gasteiger partial charge in [-0.2, -0.15) is 0 Å². The van der Waals surface area contributed by atoms with Crippen LogP contribution in [0, 0.1) is 6.92 Å². The number of aliphatic hydroxyl groups excluding tert-OH is 1. The third kappa shape index (κ3) is 3.49. The highest BCUT2D eigenvalue weighted by Gasteiger charge is 2.26. The van der Waals surface area contributed by atoms with Gasteiger partial charge in [0.1, 0.15) is 0 Å². The lowest BCUT2D eigenvalue weighted by Crippen LogP contribution is -2.45. The van der Waals surface area contributed by atoms with E-state index in [1.54, 1.807) is 6.07 Å². The Kier molecular flexibility index (Phi) is 4.98. The lowest BCUT2D eigenvalue weighted by molar-refractivity contribution is -0.118. The Labute approximate surface area is 119 Å². The zero-order valence-electron chi connectivity index (χ0n) is 11.9.